The van der Waals surface area contributed by atoms with Crippen LogP contribution >= 0.6 is 0 Å². The molecule has 1 aliphatic heterocycles. The number of carbonyl (C=O) groups is 2. The first kappa shape index (κ1) is 28.3. The molecule has 4 rings (SSSR count). The van der Waals surface area contributed by atoms with Crippen molar-refractivity contribution < 1.29 is 22.7 Å². The standard InChI is InChI=1S/C30H35N3O5S/c1-30(2,3)38-29(35)32-25-17-14-22(15-18-25)20-31-28(34)24-16-19-27(23-10-6-4-7-11-23)33(21-24)39(36,37)26-12-8-5-9-13-26/h4-15,17-18,24,27H,16,19-21H2,1-3H3,(H,31,34)(H,32,35). The third-order valence-electron chi connectivity index (χ3n) is 6.51. The van der Waals surface area contributed by atoms with Crippen LogP contribution in [0.5, 0.6) is 0 Å². The molecular formula is C30H35N3O5S. The van der Waals surface area contributed by atoms with E-state index >= 15 is 0 Å². The Labute approximate surface area is 230 Å². The highest BCUT2D eigenvalue weighted by atomic mass is 32.2. The molecular weight excluding hydrogens is 514 g/mol. The van der Waals surface area contributed by atoms with Crippen LogP contribution in [0.15, 0.2) is 89.8 Å². The lowest BCUT2D eigenvalue weighted by atomic mass is 9.90. The van der Waals surface area contributed by atoms with Gasteiger partial charge in [-0.2, -0.15) is 4.31 Å². The average molecular weight is 550 g/mol. The topological polar surface area (TPSA) is 105 Å². The van der Waals surface area contributed by atoms with E-state index < -0.39 is 27.6 Å². The van der Waals surface area contributed by atoms with Crippen molar-refractivity contribution >= 4 is 27.7 Å². The Morgan fingerprint density at radius 2 is 1.51 bits per heavy atom. The fourth-order valence-electron chi connectivity index (χ4n) is 4.62. The number of amides is 2. The van der Waals surface area contributed by atoms with Gasteiger partial charge in [0.15, 0.2) is 0 Å². The molecule has 2 N–H and O–H groups in total. The summed E-state index contributed by atoms with van der Waals surface area (Å²) in [5.74, 6) is -0.665. The second-order valence-electron chi connectivity index (χ2n) is 10.6. The molecule has 0 spiro atoms. The van der Waals surface area contributed by atoms with E-state index in [0.29, 0.717) is 18.5 Å². The lowest BCUT2D eigenvalue weighted by molar-refractivity contribution is -0.126. The number of ether oxygens (including phenoxy) is 1. The average Bonchev–Trinajstić information content (AvgIpc) is 2.92. The van der Waals surface area contributed by atoms with Crippen molar-refractivity contribution in [3.63, 3.8) is 0 Å². The summed E-state index contributed by atoms with van der Waals surface area (Å²) in [6, 6.07) is 24.7. The van der Waals surface area contributed by atoms with Gasteiger partial charge in [0.1, 0.15) is 5.60 Å². The molecule has 1 saturated heterocycles. The molecule has 2 unspecified atom stereocenters. The van der Waals surface area contributed by atoms with Crippen LogP contribution in [0.4, 0.5) is 10.5 Å². The van der Waals surface area contributed by atoms with Crippen LogP contribution in [-0.2, 0) is 26.1 Å². The van der Waals surface area contributed by atoms with Crippen LogP contribution in [0.3, 0.4) is 0 Å². The summed E-state index contributed by atoms with van der Waals surface area (Å²) in [7, 11) is -3.81. The molecule has 1 aliphatic rings. The first-order valence-corrected chi connectivity index (χ1v) is 14.5. The van der Waals surface area contributed by atoms with Crippen LogP contribution in [0.1, 0.15) is 50.8 Å². The molecule has 1 fully saturated rings. The largest absolute Gasteiger partial charge is 0.444 e. The number of piperidine rings is 1. The number of rotatable bonds is 7. The van der Waals surface area contributed by atoms with Crippen molar-refractivity contribution in [1.29, 1.82) is 0 Å². The highest BCUT2D eigenvalue weighted by molar-refractivity contribution is 7.89. The predicted octanol–water partition coefficient (Wildman–Crippen LogP) is 5.49. The summed E-state index contributed by atoms with van der Waals surface area (Å²) in [4.78, 5) is 25.3. The minimum absolute atomic E-state index is 0.0986. The van der Waals surface area contributed by atoms with Gasteiger partial charge < -0.3 is 10.1 Å². The Balaban J connectivity index is 1.42. The maximum atomic E-state index is 13.7. The van der Waals surface area contributed by atoms with Gasteiger partial charge in [0.2, 0.25) is 15.9 Å². The number of anilines is 1. The van der Waals surface area contributed by atoms with Crippen molar-refractivity contribution in [2.45, 2.75) is 56.7 Å². The molecule has 8 nitrogen and oxygen atoms in total. The second-order valence-corrected chi connectivity index (χ2v) is 12.5. The number of hydrogen-bond donors (Lipinski definition) is 2. The third kappa shape index (κ3) is 7.46. The van der Waals surface area contributed by atoms with Crippen molar-refractivity contribution in [2.24, 2.45) is 5.92 Å². The van der Waals surface area contributed by atoms with Crippen LogP contribution in [0, 0.1) is 5.92 Å². The molecule has 9 heteroatoms. The molecule has 39 heavy (non-hydrogen) atoms. The summed E-state index contributed by atoms with van der Waals surface area (Å²) in [6.07, 6.45) is 0.578. The summed E-state index contributed by atoms with van der Waals surface area (Å²) < 4.78 is 34.1. The summed E-state index contributed by atoms with van der Waals surface area (Å²) >= 11 is 0. The van der Waals surface area contributed by atoms with Crippen LogP contribution in [-0.4, -0.2) is 36.9 Å². The fourth-order valence-corrected chi connectivity index (χ4v) is 6.33. The Kier molecular flexibility index (Phi) is 8.72. The van der Waals surface area contributed by atoms with Crippen LogP contribution in [0.25, 0.3) is 0 Å². The molecule has 0 saturated carbocycles. The van der Waals surface area contributed by atoms with E-state index in [1.807, 2.05) is 42.5 Å². The van der Waals surface area contributed by atoms with Crippen molar-refractivity contribution in [3.8, 4) is 0 Å². The van der Waals surface area contributed by atoms with Gasteiger partial charge in [-0.05, 0) is 69.0 Å². The molecule has 3 aromatic carbocycles. The molecule has 2 atom stereocenters. The quantitative estimate of drug-likeness (QED) is 0.405. The fraction of sp³-hybridized carbons (Fsp3) is 0.333. The molecule has 0 aromatic heterocycles. The molecule has 2 amide bonds. The Morgan fingerprint density at radius 1 is 0.897 bits per heavy atom. The maximum Gasteiger partial charge on any atom is 0.412 e. The van der Waals surface area contributed by atoms with Gasteiger partial charge in [0, 0.05) is 18.8 Å². The predicted molar refractivity (Wildman–Crippen MR) is 150 cm³/mol. The first-order chi connectivity index (χ1) is 18.5. The van der Waals surface area contributed by atoms with E-state index in [9.17, 15) is 18.0 Å². The maximum absolute atomic E-state index is 13.7. The van der Waals surface area contributed by atoms with E-state index in [0.717, 1.165) is 11.1 Å². The van der Waals surface area contributed by atoms with Gasteiger partial charge in [0.25, 0.3) is 0 Å². The van der Waals surface area contributed by atoms with Crippen molar-refractivity contribution in [1.82, 2.24) is 9.62 Å². The van der Waals surface area contributed by atoms with E-state index in [2.05, 4.69) is 10.6 Å². The lowest BCUT2D eigenvalue weighted by Gasteiger charge is -2.38. The molecule has 0 radical (unpaired) electrons. The SMILES string of the molecule is CC(C)(C)OC(=O)Nc1ccc(CNC(=O)C2CCC(c3ccccc3)N(S(=O)(=O)c3ccccc3)C2)cc1. The summed E-state index contributed by atoms with van der Waals surface area (Å²) in [5, 5.41) is 5.64. The van der Waals surface area contributed by atoms with Gasteiger partial charge in [-0.25, -0.2) is 13.2 Å². The number of nitrogens with one attached hydrogen (secondary N) is 2. The highest BCUT2D eigenvalue weighted by Gasteiger charge is 2.40. The number of carbonyl (C=O) groups excluding carboxylic acids is 2. The van der Waals surface area contributed by atoms with Crippen LogP contribution < -0.4 is 10.6 Å². The van der Waals surface area contributed by atoms with Crippen molar-refractivity contribution in [3.05, 3.63) is 96.1 Å². The van der Waals surface area contributed by atoms with E-state index in [-0.39, 0.29) is 29.9 Å². The van der Waals surface area contributed by atoms with E-state index in [4.69, 9.17) is 4.74 Å². The number of hydrogen-bond acceptors (Lipinski definition) is 5. The zero-order valence-electron chi connectivity index (χ0n) is 22.5. The smallest absolute Gasteiger partial charge is 0.412 e. The normalized spacial score (nSPS) is 18.2. The minimum atomic E-state index is -3.81. The number of nitrogens with zero attached hydrogens (tertiary/aromatic N) is 1. The molecule has 206 valence electrons. The first-order valence-electron chi connectivity index (χ1n) is 13.0. The lowest BCUT2D eigenvalue weighted by Crippen LogP contribution is -2.46. The van der Waals surface area contributed by atoms with Gasteiger partial charge in [-0.1, -0.05) is 60.7 Å². The molecule has 0 aliphatic carbocycles. The Morgan fingerprint density at radius 3 is 2.13 bits per heavy atom. The number of sulfonamides is 1. The zero-order chi connectivity index (χ0) is 28.0. The Hall–Kier alpha value is -3.69. The molecule has 0 bridgehead atoms. The van der Waals surface area contributed by atoms with Gasteiger partial charge in [-0.3, -0.25) is 10.1 Å². The van der Waals surface area contributed by atoms with E-state index in [1.54, 1.807) is 63.2 Å². The van der Waals surface area contributed by atoms with Crippen molar-refractivity contribution in [2.75, 3.05) is 11.9 Å². The Bertz CT molecular complexity index is 1370. The summed E-state index contributed by atoms with van der Waals surface area (Å²) in [5.41, 5.74) is 1.76. The van der Waals surface area contributed by atoms with Gasteiger partial charge >= 0.3 is 6.09 Å². The minimum Gasteiger partial charge on any atom is -0.444 e. The van der Waals surface area contributed by atoms with Gasteiger partial charge in [-0.15, -0.1) is 0 Å². The second kappa shape index (κ2) is 12.0. The molecule has 1 heterocycles. The van der Waals surface area contributed by atoms with Gasteiger partial charge in [0.05, 0.1) is 16.9 Å². The monoisotopic (exact) mass is 549 g/mol. The summed E-state index contributed by atoms with van der Waals surface area (Å²) in [6.45, 7) is 5.77. The number of benzene rings is 3. The van der Waals surface area contributed by atoms with E-state index in [1.165, 1.54) is 4.31 Å². The molecule has 3 aromatic rings. The third-order valence-corrected chi connectivity index (χ3v) is 8.40. The highest BCUT2D eigenvalue weighted by Crippen LogP contribution is 2.37. The van der Waals surface area contributed by atoms with Crippen LogP contribution in [0.2, 0.25) is 0 Å². The zero-order valence-corrected chi connectivity index (χ0v) is 23.3.